The fourth-order valence-corrected chi connectivity index (χ4v) is 2.90. The van der Waals surface area contributed by atoms with Gasteiger partial charge in [-0.15, -0.1) is 0 Å². The fourth-order valence-electron chi connectivity index (χ4n) is 1.48. The van der Waals surface area contributed by atoms with E-state index in [2.05, 4.69) is 4.72 Å². The number of rotatable bonds is 6. The molecule has 1 rings (SSSR count). The summed E-state index contributed by atoms with van der Waals surface area (Å²) in [5.74, 6) is -0.689. The van der Waals surface area contributed by atoms with E-state index in [1.54, 1.807) is 6.92 Å². The summed E-state index contributed by atoms with van der Waals surface area (Å²) in [7, 11) is -3.84. The van der Waals surface area contributed by atoms with Crippen molar-refractivity contribution in [1.82, 2.24) is 4.72 Å². The molecule has 0 radical (unpaired) electrons. The average molecular weight is 287 g/mol. The Labute approximate surface area is 111 Å². The highest BCUT2D eigenvalue weighted by Crippen LogP contribution is 2.20. The van der Waals surface area contributed by atoms with E-state index in [4.69, 9.17) is 16.6 Å². The highest BCUT2D eigenvalue weighted by molar-refractivity contribution is 7.89. The minimum Gasteiger partial charge on any atom is -0.398 e. The second kappa shape index (κ2) is 6.00. The van der Waals surface area contributed by atoms with Crippen molar-refractivity contribution in [3.05, 3.63) is 23.8 Å². The number of aliphatic hydroxyl groups is 1. The maximum atomic E-state index is 12.0. The van der Waals surface area contributed by atoms with E-state index in [9.17, 15) is 13.2 Å². The minimum absolute atomic E-state index is 0.0726. The quantitative estimate of drug-likeness (QED) is 0.519. The van der Waals surface area contributed by atoms with Gasteiger partial charge in [-0.05, 0) is 24.6 Å². The third-order valence-electron chi connectivity index (χ3n) is 2.62. The van der Waals surface area contributed by atoms with Gasteiger partial charge in [-0.25, -0.2) is 13.1 Å². The number of nitrogens with two attached hydrogens (primary N) is 2. The summed E-state index contributed by atoms with van der Waals surface area (Å²) in [6.07, 6.45) is 0.439. The number of amides is 1. The molecule has 7 nitrogen and oxygen atoms in total. The lowest BCUT2D eigenvalue weighted by atomic mass is 10.2. The van der Waals surface area contributed by atoms with Crippen LogP contribution >= 0.6 is 0 Å². The van der Waals surface area contributed by atoms with E-state index in [0.29, 0.717) is 6.42 Å². The monoisotopic (exact) mass is 287 g/mol. The Morgan fingerprint density at radius 1 is 1.47 bits per heavy atom. The normalized spacial score (nSPS) is 13.2. The molecule has 0 aliphatic rings. The van der Waals surface area contributed by atoms with Crippen molar-refractivity contribution in [1.29, 1.82) is 0 Å². The zero-order chi connectivity index (χ0) is 14.6. The van der Waals surface area contributed by atoms with Gasteiger partial charge in [0, 0.05) is 11.6 Å². The number of hydrogen-bond donors (Lipinski definition) is 4. The smallest absolute Gasteiger partial charge is 0.248 e. The van der Waals surface area contributed by atoms with Crippen LogP contribution in [0, 0.1) is 0 Å². The van der Waals surface area contributed by atoms with E-state index in [1.165, 1.54) is 18.2 Å². The van der Waals surface area contributed by atoms with E-state index in [1.807, 2.05) is 0 Å². The van der Waals surface area contributed by atoms with Crippen LogP contribution in [0.5, 0.6) is 0 Å². The van der Waals surface area contributed by atoms with Crippen molar-refractivity contribution >= 4 is 21.6 Å². The zero-order valence-corrected chi connectivity index (χ0v) is 11.3. The van der Waals surface area contributed by atoms with Crippen molar-refractivity contribution in [2.75, 3.05) is 12.3 Å². The van der Waals surface area contributed by atoms with E-state index < -0.39 is 22.0 Å². The highest BCUT2D eigenvalue weighted by Gasteiger charge is 2.21. The fraction of sp³-hybridized carbons (Fsp3) is 0.364. The predicted molar refractivity (Wildman–Crippen MR) is 70.9 cm³/mol. The molecule has 19 heavy (non-hydrogen) atoms. The van der Waals surface area contributed by atoms with Gasteiger partial charge in [0.2, 0.25) is 15.9 Å². The van der Waals surface area contributed by atoms with Gasteiger partial charge in [-0.1, -0.05) is 6.92 Å². The molecule has 8 heteroatoms. The lowest BCUT2D eigenvalue weighted by Crippen LogP contribution is -2.37. The van der Waals surface area contributed by atoms with E-state index in [-0.39, 0.29) is 22.8 Å². The highest BCUT2D eigenvalue weighted by atomic mass is 32.2. The molecule has 0 saturated carbocycles. The van der Waals surface area contributed by atoms with Gasteiger partial charge in [0.15, 0.2) is 0 Å². The number of nitrogens with one attached hydrogen (secondary N) is 1. The molecule has 0 aromatic heterocycles. The molecule has 1 aromatic carbocycles. The third kappa shape index (κ3) is 3.66. The van der Waals surface area contributed by atoms with Gasteiger partial charge in [0.1, 0.15) is 4.90 Å². The Bertz CT molecular complexity index is 567. The summed E-state index contributed by atoms with van der Waals surface area (Å²) in [4.78, 5) is 10.8. The number of hydrogen-bond acceptors (Lipinski definition) is 5. The summed E-state index contributed by atoms with van der Waals surface area (Å²) in [6, 6.07) is 3.12. The lowest BCUT2D eigenvalue weighted by molar-refractivity contribution is 0.1000. The van der Waals surface area contributed by atoms with Gasteiger partial charge in [0.05, 0.1) is 12.3 Å². The predicted octanol–water partition coefficient (Wildman–Crippen LogP) is -0.583. The molecule has 1 unspecified atom stereocenters. The molecule has 0 aliphatic heterocycles. The Kier molecular flexibility index (Phi) is 4.87. The topological polar surface area (TPSA) is 136 Å². The number of benzene rings is 1. The van der Waals surface area contributed by atoms with E-state index in [0.717, 1.165) is 0 Å². The first kappa shape index (κ1) is 15.4. The first-order chi connectivity index (χ1) is 8.81. The first-order valence-electron chi connectivity index (χ1n) is 5.64. The van der Waals surface area contributed by atoms with Crippen LogP contribution in [0.4, 0.5) is 5.69 Å². The summed E-state index contributed by atoms with van der Waals surface area (Å²) in [6.45, 7) is 1.43. The summed E-state index contributed by atoms with van der Waals surface area (Å²) in [5, 5.41) is 9.00. The van der Waals surface area contributed by atoms with Gasteiger partial charge < -0.3 is 16.6 Å². The molecule has 0 fully saturated rings. The number of nitrogen functional groups attached to an aromatic ring is 1. The van der Waals surface area contributed by atoms with Crippen LogP contribution in [-0.4, -0.2) is 32.1 Å². The van der Waals surface area contributed by atoms with Crippen molar-refractivity contribution in [3.8, 4) is 0 Å². The molecular weight excluding hydrogens is 270 g/mol. The van der Waals surface area contributed by atoms with Crippen molar-refractivity contribution in [2.24, 2.45) is 5.73 Å². The molecule has 6 N–H and O–H groups in total. The second-order valence-corrected chi connectivity index (χ2v) is 5.71. The Morgan fingerprint density at radius 2 is 2.11 bits per heavy atom. The molecule has 0 heterocycles. The SMILES string of the molecule is CCC(CO)NS(=O)(=O)c1ccc(C(N)=O)cc1N. The Hall–Kier alpha value is -1.64. The van der Waals surface area contributed by atoms with Crippen molar-refractivity contribution < 1.29 is 18.3 Å². The Balaban J connectivity index is 3.12. The van der Waals surface area contributed by atoms with Crippen molar-refractivity contribution in [2.45, 2.75) is 24.3 Å². The van der Waals surface area contributed by atoms with Crippen LogP contribution in [0.25, 0.3) is 0 Å². The minimum atomic E-state index is -3.84. The summed E-state index contributed by atoms with van der Waals surface area (Å²) >= 11 is 0. The molecule has 0 saturated heterocycles. The van der Waals surface area contributed by atoms with Crippen LogP contribution in [-0.2, 0) is 10.0 Å². The Morgan fingerprint density at radius 3 is 2.53 bits per heavy atom. The maximum Gasteiger partial charge on any atom is 0.248 e. The molecule has 0 aliphatic carbocycles. The number of sulfonamides is 1. The van der Waals surface area contributed by atoms with Crippen LogP contribution in [0.1, 0.15) is 23.7 Å². The van der Waals surface area contributed by atoms with Crippen LogP contribution in [0.3, 0.4) is 0 Å². The second-order valence-electron chi connectivity index (χ2n) is 4.03. The molecule has 0 spiro atoms. The van der Waals surface area contributed by atoms with Crippen LogP contribution in [0.2, 0.25) is 0 Å². The average Bonchev–Trinajstić information content (AvgIpc) is 2.35. The first-order valence-corrected chi connectivity index (χ1v) is 7.12. The van der Waals surface area contributed by atoms with Crippen LogP contribution in [0.15, 0.2) is 23.1 Å². The maximum absolute atomic E-state index is 12.0. The number of primary amides is 1. The number of aliphatic hydroxyl groups excluding tert-OH is 1. The zero-order valence-electron chi connectivity index (χ0n) is 10.5. The lowest BCUT2D eigenvalue weighted by Gasteiger charge is -2.15. The third-order valence-corrected chi connectivity index (χ3v) is 4.21. The molecule has 1 aromatic rings. The molecular formula is C11H17N3O4S. The van der Waals surface area contributed by atoms with Crippen molar-refractivity contribution in [3.63, 3.8) is 0 Å². The number of carbonyl (C=O) groups excluding carboxylic acids is 1. The molecule has 1 atom stereocenters. The molecule has 106 valence electrons. The van der Waals surface area contributed by atoms with Gasteiger partial charge >= 0.3 is 0 Å². The standard InChI is InChI=1S/C11H17N3O4S/c1-2-8(6-15)14-19(17,18)10-4-3-7(11(13)16)5-9(10)12/h3-5,8,14-15H,2,6,12H2,1H3,(H2,13,16). The number of anilines is 1. The molecule has 1 amide bonds. The largest absolute Gasteiger partial charge is 0.398 e. The number of carbonyl (C=O) groups is 1. The van der Waals surface area contributed by atoms with Gasteiger partial charge in [0.25, 0.3) is 0 Å². The van der Waals surface area contributed by atoms with Crippen LogP contribution < -0.4 is 16.2 Å². The molecule has 0 bridgehead atoms. The summed E-state index contributed by atoms with van der Waals surface area (Å²) in [5.41, 5.74) is 10.7. The van der Waals surface area contributed by atoms with Gasteiger partial charge in [-0.2, -0.15) is 0 Å². The van der Waals surface area contributed by atoms with E-state index >= 15 is 0 Å². The summed E-state index contributed by atoms with van der Waals surface area (Å²) < 4.78 is 26.4. The van der Waals surface area contributed by atoms with Gasteiger partial charge in [-0.3, -0.25) is 4.79 Å².